The summed E-state index contributed by atoms with van der Waals surface area (Å²) in [7, 11) is 1.67. The predicted octanol–water partition coefficient (Wildman–Crippen LogP) is 3.56. The third-order valence-electron chi connectivity index (χ3n) is 3.43. The van der Waals surface area contributed by atoms with Crippen molar-refractivity contribution in [3.05, 3.63) is 70.7 Å². The Morgan fingerprint density at radius 1 is 1.00 bits per heavy atom. The molecule has 0 atom stereocenters. The van der Waals surface area contributed by atoms with Gasteiger partial charge in [-0.25, -0.2) is 0 Å². The fraction of sp³-hybridized carbons (Fsp3) is 0.111. The molecule has 0 saturated carbocycles. The molecule has 2 aromatic carbocycles. The van der Waals surface area contributed by atoms with E-state index in [9.17, 15) is 0 Å². The zero-order chi connectivity index (χ0) is 15.5. The predicted molar refractivity (Wildman–Crippen MR) is 89.3 cm³/mol. The topological polar surface area (TPSA) is 27.1 Å². The standard InChI is InChI=1S/C18H16N2OSe/c1-13-11-17(14-7-4-3-5-8-14)20(18(22)19-13)15-9-6-10-16(12-15)21-2/h3-12H,1-2H3. The zero-order valence-corrected chi connectivity index (χ0v) is 14.2. The average Bonchev–Trinajstić information content (AvgIpc) is 2.55. The van der Waals surface area contributed by atoms with E-state index >= 15 is 0 Å². The van der Waals surface area contributed by atoms with Crippen LogP contribution in [0.1, 0.15) is 5.69 Å². The summed E-state index contributed by atoms with van der Waals surface area (Å²) in [5.74, 6) is 0.823. The van der Waals surface area contributed by atoms with E-state index in [-0.39, 0.29) is 0 Å². The third-order valence-corrected chi connectivity index (χ3v) is 4.01. The van der Waals surface area contributed by atoms with Gasteiger partial charge in [-0.3, -0.25) is 0 Å². The van der Waals surface area contributed by atoms with Crippen LogP contribution in [0.2, 0.25) is 0 Å². The molecule has 1 aromatic heterocycles. The second-order valence-corrected chi connectivity index (χ2v) is 5.73. The Morgan fingerprint density at radius 3 is 2.50 bits per heavy atom. The van der Waals surface area contributed by atoms with Crippen LogP contribution in [0.4, 0.5) is 0 Å². The molecule has 0 unspecified atom stereocenters. The van der Waals surface area contributed by atoms with E-state index in [1.165, 1.54) is 0 Å². The molecule has 4 heteroatoms. The van der Waals surface area contributed by atoms with Gasteiger partial charge < -0.3 is 0 Å². The molecule has 110 valence electrons. The van der Waals surface area contributed by atoms with E-state index in [2.05, 4.69) is 43.3 Å². The van der Waals surface area contributed by atoms with Crippen LogP contribution in [0.15, 0.2) is 60.7 Å². The van der Waals surface area contributed by atoms with Gasteiger partial charge in [-0.2, -0.15) is 0 Å². The van der Waals surface area contributed by atoms with Crippen LogP contribution >= 0.6 is 0 Å². The van der Waals surface area contributed by atoms with Crippen molar-refractivity contribution in [2.75, 3.05) is 7.11 Å². The zero-order valence-electron chi connectivity index (χ0n) is 12.5. The van der Waals surface area contributed by atoms with Gasteiger partial charge in [0.15, 0.2) is 0 Å². The number of aryl methyl sites for hydroxylation is 1. The summed E-state index contributed by atoms with van der Waals surface area (Å²) in [4.78, 5) is 4.56. The minimum atomic E-state index is 0.823. The molecule has 22 heavy (non-hydrogen) atoms. The second-order valence-electron chi connectivity index (χ2n) is 4.97. The summed E-state index contributed by atoms with van der Waals surface area (Å²) in [5.41, 5.74) is 4.23. The molecular weight excluding hydrogens is 339 g/mol. The minimum absolute atomic E-state index is 0.823. The van der Waals surface area contributed by atoms with Crippen LogP contribution in [0.25, 0.3) is 16.9 Å². The quantitative estimate of drug-likeness (QED) is 0.672. The first-order valence-electron chi connectivity index (χ1n) is 6.99. The van der Waals surface area contributed by atoms with Crippen LogP contribution in [-0.4, -0.2) is 32.2 Å². The van der Waals surface area contributed by atoms with Gasteiger partial charge in [0, 0.05) is 0 Å². The van der Waals surface area contributed by atoms with E-state index < -0.39 is 0 Å². The van der Waals surface area contributed by atoms with Crippen LogP contribution in [0.3, 0.4) is 0 Å². The summed E-state index contributed by atoms with van der Waals surface area (Å²) in [6.07, 6.45) is 0. The van der Waals surface area contributed by atoms with Crippen molar-refractivity contribution in [3.63, 3.8) is 0 Å². The molecule has 0 aliphatic carbocycles. The first-order chi connectivity index (χ1) is 10.7. The Labute approximate surface area is 137 Å². The van der Waals surface area contributed by atoms with Gasteiger partial charge in [0.1, 0.15) is 0 Å². The number of benzene rings is 2. The molecule has 0 aliphatic rings. The molecule has 1 heterocycles. The number of ether oxygens (including phenoxy) is 1. The maximum absolute atomic E-state index is 5.34. The number of hydrogen-bond acceptors (Lipinski definition) is 2. The molecular formula is C18H16N2OSe. The van der Waals surface area contributed by atoms with Crippen molar-refractivity contribution < 1.29 is 4.74 Å². The van der Waals surface area contributed by atoms with Gasteiger partial charge in [0.2, 0.25) is 0 Å². The summed E-state index contributed by atoms with van der Waals surface area (Å²) in [6.45, 7) is 2.00. The molecule has 0 aliphatic heterocycles. The van der Waals surface area contributed by atoms with Crippen molar-refractivity contribution in [1.82, 2.24) is 9.55 Å². The van der Waals surface area contributed by atoms with Crippen molar-refractivity contribution in [1.29, 1.82) is 0 Å². The number of nitrogens with zero attached hydrogens (tertiary/aromatic N) is 2. The molecule has 0 radical (unpaired) electrons. The van der Waals surface area contributed by atoms with Crippen molar-refractivity contribution in [2.24, 2.45) is 0 Å². The fourth-order valence-electron chi connectivity index (χ4n) is 2.42. The average molecular weight is 355 g/mol. The number of methoxy groups -OCH3 is 1. The Morgan fingerprint density at radius 2 is 1.77 bits per heavy atom. The molecule has 3 aromatic rings. The van der Waals surface area contributed by atoms with Crippen LogP contribution in [0, 0.1) is 11.2 Å². The van der Waals surface area contributed by atoms with Gasteiger partial charge in [-0.05, 0) is 0 Å². The summed E-state index contributed by atoms with van der Waals surface area (Å²) in [6, 6.07) is 20.4. The molecule has 3 nitrogen and oxygen atoms in total. The third kappa shape index (κ3) is 2.89. The molecule has 0 bridgehead atoms. The number of hydrogen-bond donors (Lipinski definition) is 0. The van der Waals surface area contributed by atoms with Gasteiger partial charge in [-0.15, -0.1) is 0 Å². The van der Waals surface area contributed by atoms with Crippen molar-refractivity contribution >= 4 is 15.6 Å². The van der Waals surface area contributed by atoms with E-state index in [4.69, 9.17) is 4.74 Å². The SMILES string of the molecule is COc1cccc(-n2c(-c3ccccc3)cc(C)nc2=[Se])c1. The molecule has 3 rings (SSSR count). The molecule has 0 saturated heterocycles. The van der Waals surface area contributed by atoms with Crippen molar-refractivity contribution in [2.45, 2.75) is 6.92 Å². The summed E-state index contributed by atoms with van der Waals surface area (Å²) >= 11 is 3.07. The number of aromatic nitrogens is 2. The molecule has 0 fully saturated rings. The summed E-state index contributed by atoms with van der Waals surface area (Å²) in [5, 5.41) is 0. The molecule has 0 spiro atoms. The second kappa shape index (κ2) is 6.30. The molecule has 0 amide bonds. The van der Waals surface area contributed by atoms with Crippen LogP contribution in [0.5, 0.6) is 5.75 Å². The first kappa shape index (κ1) is 14.8. The van der Waals surface area contributed by atoms with Gasteiger partial charge in [0.25, 0.3) is 0 Å². The van der Waals surface area contributed by atoms with Crippen LogP contribution in [-0.2, 0) is 0 Å². The van der Waals surface area contributed by atoms with Gasteiger partial charge >= 0.3 is 137 Å². The normalized spacial score (nSPS) is 10.5. The Bertz CT molecular complexity index is 856. The van der Waals surface area contributed by atoms with Crippen molar-refractivity contribution in [3.8, 4) is 22.7 Å². The van der Waals surface area contributed by atoms with E-state index in [0.29, 0.717) is 0 Å². The Hall–Kier alpha value is -2.16. The number of rotatable bonds is 3. The Kier molecular flexibility index (Phi) is 4.23. The summed E-state index contributed by atoms with van der Waals surface area (Å²) < 4.78 is 8.27. The van der Waals surface area contributed by atoms with Gasteiger partial charge in [-0.1, -0.05) is 0 Å². The molecule has 0 N–H and O–H groups in total. The Balaban J connectivity index is 2.29. The van der Waals surface area contributed by atoms with E-state index in [1.807, 2.05) is 49.4 Å². The van der Waals surface area contributed by atoms with E-state index in [0.717, 1.165) is 32.7 Å². The van der Waals surface area contributed by atoms with E-state index in [1.54, 1.807) is 7.11 Å². The van der Waals surface area contributed by atoms with Crippen LogP contribution < -0.4 is 4.74 Å². The van der Waals surface area contributed by atoms with Gasteiger partial charge in [0.05, 0.1) is 0 Å². The monoisotopic (exact) mass is 356 g/mol. The first-order valence-corrected chi connectivity index (χ1v) is 7.85. The maximum atomic E-state index is 5.34. The fourth-order valence-corrected chi connectivity index (χ4v) is 3.15.